The van der Waals surface area contributed by atoms with Gasteiger partial charge in [-0.15, -0.1) is 11.3 Å². The van der Waals surface area contributed by atoms with Crippen molar-refractivity contribution in [3.63, 3.8) is 0 Å². The number of aliphatic imine (C=N–C) groups is 1. The number of carboxylic acids is 1. The number of carbonyl (C=O) groups is 1. The third kappa shape index (κ3) is 1.67. The third-order valence-corrected chi connectivity index (χ3v) is 2.70. The van der Waals surface area contributed by atoms with Crippen LogP contribution in [0.15, 0.2) is 34.3 Å². The lowest BCUT2D eigenvalue weighted by Gasteiger charge is -2.10. The molecule has 0 spiro atoms. The Morgan fingerprint density at radius 3 is 3.00 bits per heavy atom. The van der Waals surface area contributed by atoms with Crippen molar-refractivity contribution in [1.29, 1.82) is 0 Å². The van der Waals surface area contributed by atoms with Crippen molar-refractivity contribution in [2.24, 2.45) is 4.99 Å². The Balaban J connectivity index is 2.12. The number of aliphatic carboxylic acids is 1. The summed E-state index contributed by atoms with van der Waals surface area (Å²) in [5.41, 5.74) is 0.283. The number of nitrogens with one attached hydrogen (secondary N) is 1. The fraction of sp³-hybridized carbons (Fsp3) is 0.111. The second-order valence-electron chi connectivity index (χ2n) is 2.76. The van der Waals surface area contributed by atoms with Gasteiger partial charge in [-0.2, -0.15) is 0 Å². The standard InChI is InChI=1S/C9H8N2O2S/c12-9(13)6-4-10-8(11-5-6)7-2-1-3-14-7/h1-4H,5H2,(H,10,11)(H,12,13). The largest absolute Gasteiger partial charge is 0.478 e. The molecule has 0 bridgehead atoms. The van der Waals surface area contributed by atoms with E-state index in [0.29, 0.717) is 0 Å². The first-order valence-corrected chi connectivity index (χ1v) is 4.92. The van der Waals surface area contributed by atoms with E-state index in [1.54, 1.807) is 11.3 Å². The molecule has 0 radical (unpaired) electrons. The van der Waals surface area contributed by atoms with Crippen LogP contribution >= 0.6 is 11.3 Å². The van der Waals surface area contributed by atoms with E-state index >= 15 is 0 Å². The summed E-state index contributed by atoms with van der Waals surface area (Å²) in [7, 11) is 0. The van der Waals surface area contributed by atoms with Gasteiger partial charge in [-0.25, -0.2) is 4.79 Å². The quantitative estimate of drug-likeness (QED) is 0.764. The average molecular weight is 208 g/mol. The van der Waals surface area contributed by atoms with Crippen LogP contribution < -0.4 is 5.32 Å². The number of hydrogen-bond acceptors (Lipinski definition) is 4. The molecule has 1 aliphatic rings. The Hall–Kier alpha value is -1.62. The van der Waals surface area contributed by atoms with Crippen LogP contribution in [0.1, 0.15) is 4.88 Å². The highest BCUT2D eigenvalue weighted by atomic mass is 32.1. The fourth-order valence-electron chi connectivity index (χ4n) is 1.10. The maximum Gasteiger partial charge on any atom is 0.334 e. The SMILES string of the molecule is O=C(O)C1=CNC(c2cccs2)=NC1. The van der Waals surface area contributed by atoms with Gasteiger partial charge < -0.3 is 10.4 Å². The zero-order valence-electron chi connectivity index (χ0n) is 7.23. The molecule has 14 heavy (non-hydrogen) atoms. The van der Waals surface area contributed by atoms with Crippen molar-refractivity contribution < 1.29 is 9.90 Å². The number of carboxylic acid groups (broad SMARTS) is 1. The molecule has 2 N–H and O–H groups in total. The normalized spacial score (nSPS) is 15.4. The van der Waals surface area contributed by atoms with Crippen LogP contribution in [0.25, 0.3) is 0 Å². The Morgan fingerprint density at radius 2 is 2.50 bits per heavy atom. The molecular weight excluding hydrogens is 200 g/mol. The molecule has 4 nitrogen and oxygen atoms in total. The Kier molecular flexibility index (Phi) is 2.32. The smallest absolute Gasteiger partial charge is 0.334 e. The molecule has 0 aromatic carbocycles. The van der Waals surface area contributed by atoms with Crippen molar-refractivity contribution >= 4 is 23.1 Å². The van der Waals surface area contributed by atoms with E-state index in [0.717, 1.165) is 10.7 Å². The van der Waals surface area contributed by atoms with Gasteiger partial charge >= 0.3 is 5.97 Å². The predicted octanol–water partition coefficient (Wildman–Crippen LogP) is 1.07. The minimum atomic E-state index is -0.925. The zero-order valence-corrected chi connectivity index (χ0v) is 8.04. The van der Waals surface area contributed by atoms with Crippen LogP contribution in [0, 0.1) is 0 Å². The summed E-state index contributed by atoms with van der Waals surface area (Å²) in [4.78, 5) is 15.7. The summed E-state index contributed by atoms with van der Waals surface area (Å²) in [5, 5.41) is 13.5. The Labute approximate surface area is 84.6 Å². The Bertz CT molecular complexity index is 406. The van der Waals surface area contributed by atoms with E-state index < -0.39 is 5.97 Å². The van der Waals surface area contributed by atoms with Crippen molar-refractivity contribution in [3.05, 3.63) is 34.2 Å². The molecule has 0 saturated heterocycles. The molecule has 0 atom stereocenters. The maximum absolute atomic E-state index is 10.6. The highest BCUT2D eigenvalue weighted by Crippen LogP contribution is 2.11. The molecule has 72 valence electrons. The molecule has 1 aliphatic heterocycles. The van der Waals surface area contributed by atoms with Gasteiger partial charge in [0, 0.05) is 6.20 Å². The van der Waals surface area contributed by atoms with Gasteiger partial charge in [-0.05, 0) is 11.4 Å². The van der Waals surface area contributed by atoms with E-state index in [-0.39, 0.29) is 12.1 Å². The first kappa shape index (κ1) is 8.96. The van der Waals surface area contributed by atoms with E-state index in [1.165, 1.54) is 6.20 Å². The number of rotatable bonds is 2. The van der Waals surface area contributed by atoms with Gasteiger partial charge in [-0.1, -0.05) is 6.07 Å². The molecule has 0 saturated carbocycles. The monoisotopic (exact) mass is 208 g/mol. The van der Waals surface area contributed by atoms with Gasteiger partial charge in [0.15, 0.2) is 0 Å². The number of nitrogens with zero attached hydrogens (tertiary/aromatic N) is 1. The lowest BCUT2D eigenvalue weighted by Crippen LogP contribution is -2.25. The summed E-state index contributed by atoms with van der Waals surface area (Å²) in [5.74, 6) is -0.184. The second kappa shape index (κ2) is 3.63. The predicted molar refractivity (Wildman–Crippen MR) is 54.6 cm³/mol. The lowest BCUT2D eigenvalue weighted by molar-refractivity contribution is -0.132. The topological polar surface area (TPSA) is 61.7 Å². The maximum atomic E-state index is 10.6. The highest BCUT2D eigenvalue weighted by Gasteiger charge is 2.13. The van der Waals surface area contributed by atoms with Crippen LogP contribution in [-0.4, -0.2) is 23.5 Å². The summed E-state index contributed by atoms with van der Waals surface area (Å²) in [6.45, 7) is 0.232. The lowest BCUT2D eigenvalue weighted by atomic mass is 10.2. The van der Waals surface area contributed by atoms with Gasteiger partial charge in [0.2, 0.25) is 0 Å². The zero-order chi connectivity index (χ0) is 9.97. The van der Waals surface area contributed by atoms with Crippen LogP contribution in [-0.2, 0) is 4.79 Å². The van der Waals surface area contributed by atoms with Crippen LogP contribution in [0.3, 0.4) is 0 Å². The molecular formula is C9H8N2O2S. The molecule has 2 rings (SSSR count). The average Bonchev–Trinajstić information content (AvgIpc) is 2.71. The molecule has 0 unspecified atom stereocenters. The van der Waals surface area contributed by atoms with Gasteiger partial charge in [-0.3, -0.25) is 4.99 Å². The van der Waals surface area contributed by atoms with Gasteiger partial charge in [0.25, 0.3) is 0 Å². The Morgan fingerprint density at radius 1 is 1.64 bits per heavy atom. The van der Waals surface area contributed by atoms with E-state index in [4.69, 9.17) is 5.11 Å². The summed E-state index contributed by atoms with van der Waals surface area (Å²) < 4.78 is 0. The number of amidine groups is 1. The van der Waals surface area contributed by atoms with Crippen LogP contribution in [0.4, 0.5) is 0 Å². The van der Waals surface area contributed by atoms with E-state index in [1.807, 2.05) is 17.5 Å². The summed E-state index contributed by atoms with van der Waals surface area (Å²) >= 11 is 1.57. The minimum Gasteiger partial charge on any atom is -0.478 e. The third-order valence-electron chi connectivity index (χ3n) is 1.82. The van der Waals surface area contributed by atoms with Crippen molar-refractivity contribution in [3.8, 4) is 0 Å². The van der Waals surface area contributed by atoms with Crippen molar-refractivity contribution in [2.75, 3.05) is 6.54 Å². The molecule has 2 heterocycles. The van der Waals surface area contributed by atoms with Gasteiger partial charge in [0.05, 0.1) is 17.0 Å². The summed E-state index contributed by atoms with van der Waals surface area (Å²) in [6, 6.07) is 3.87. The van der Waals surface area contributed by atoms with E-state index in [2.05, 4.69) is 10.3 Å². The molecule has 0 fully saturated rings. The van der Waals surface area contributed by atoms with Crippen LogP contribution in [0.2, 0.25) is 0 Å². The molecule has 1 aromatic heterocycles. The highest BCUT2D eigenvalue weighted by molar-refractivity contribution is 7.12. The molecule has 0 aliphatic carbocycles. The fourth-order valence-corrected chi connectivity index (χ4v) is 1.80. The second-order valence-corrected chi connectivity index (χ2v) is 3.71. The number of thiophene rings is 1. The molecule has 0 amide bonds. The number of hydrogen-bond donors (Lipinski definition) is 2. The first-order chi connectivity index (χ1) is 6.77. The minimum absolute atomic E-state index is 0.232. The van der Waals surface area contributed by atoms with Crippen molar-refractivity contribution in [1.82, 2.24) is 5.32 Å². The van der Waals surface area contributed by atoms with Crippen LogP contribution in [0.5, 0.6) is 0 Å². The first-order valence-electron chi connectivity index (χ1n) is 4.04. The molecule has 1 aromatic rings. The summed E-state index contributed by atoms with van der Waals surface area (Å²) in [6.07, 6.45) is 1.49. The van der Waals surface area contributed by atoms with Gasteiger partial charge in [0.1, 0.15) is 5.84 Å². The van der Waals surface area contributed by atoms with E-state index in [9.17, 15) is 4.79 Å². The molecule has 5 heteroatoms. The van der Waals surface area contributed by atoms with Crippen molar-refractivity contribution in [2.45, 2.75) is 0 Å².